The highest BCUT2D eigenvalue weighted by atomic mass is 32.2. The number of pyridine rings is 1. The van der Waals surface area contributed by atoms with E-state index in [9.17, 15) is 13.2 Å². The number of hydrogen-bond donors (Lipinski definition) is 1. The van der Waals surface area contributed by atoms with Gasteiger partial charge in [-0.25, -0.2) is 8.42 Å². The second-order valence-electron chi connectivity index (χ2n) is 6.45. The number of rotatable bonds is 6. The van der Waals surface area contributed by atoms with E-state index in [-0.39, 0.29) is 11.4 Å². The molecule has 0 unspecified atom stereocenters. The maximum Gasteiger partial charge on any atom is 0.266 e. The van der Waals surface area contributed by atoms with Gasteiger partial charge in [-0.1, -0.05) is 29.8 Å². The SMILES string of the molecule is Cc1ccc(N(CC(=O)Nc2cccc(C)c2)S(=O)(=O)c2cccnc2)cc1. The summed E-state index contributed by atoms with van der Waals surface area (Å²) in [5.41, 5.74) is 3.02. The van der Waals surface area contributed by atoms with Crippen LogP contribution in [0, 0.1) is 13.8 Å². The van der Waals surface area contributed by atoms with Crippen LogP contribution in [-0.2, 0) is 14.8 Å². The first-order chi connectivity index (χ1) is 13.4. The van der Waals surface area contributed by atoms with Crippen LogP contribution in [0.15, 0.2) is 78.0 Å². The van der Waals surface area contributed by atoms with Crippen LogP contribution in [0.1, 0.15) is 11.1 Å². The Morgan fingerprint density at radius 2 is 1.75 bits per heavy atom. The number of anilines is 2. The zero-order chi connectivity index (χ0) is 20.1. The van der Waals surface area contributed by atoms with Gasteiger partial charge in [0.1, 0.15) is 11.4 Å². The van der Waals surface area contributed by atoms with Crippen LogP contribution < -0.4 is 9.62 Å². The van der Waals surface area contributed by atoms with E-state index in [1.807, 2.05) is 32.0 Å². The van der Waals surface area contributed by atoms with Crippen LogP contribution in [0.25, 0.3) is 0 Å². The summed E-state index contributed by atoms with van der Waals surface area (Å²) in [6, 6.07) is 17.3. The van der Waals surface area contributed by atoms with Crippen LogP contribution >= 0.6 is 0 Å². The second-order valence-corrected chi connectivity index (χ2v) is 8.32. The number of hydrogen-bond acceptors (Lipinski definition) is 4. The number of carbonyl (C=O) groups excluding carboxylic acids is 1. The quantitative estimate of drug-likeness (QED) is 0.692. The van der Waals surface area contributed by atoms with Crippen molar-refractivity contribution >= 4 is 27.3 Å². The van der Waals surface area contributed by atoms with Gasteiger partial charge in [0.15, 0.2) is 0 Å². The lowest BCUT2D eigenvalue weighted by atomic mass is 10.2. The number of benzene rings is 2. The highest BCUT2D eigenvalue weighted by molar-refractivity contribution is 7.92. The molecular weight excluding hydrogens is 374 g/mol. The van der Waals surface area contributed by atoms with E-state index in [2.05, 4.69) is 10.3 Å². The molecule has 0 aliphatic rings. The van der Waals surface area contributed by atoms with E-state index < -0.39 is 15.9 Å². The molecule has 0 fully saturated rings. The molecule has 0 aliphatic heterocycles. The number of nitrogens with one attached hydrogen (secondary N) is 1. The van der Waals surface area contributed by atoms with E-state index in [0.717, 1.165) is 15.4 Å². The number of sulfonamides is 1. The molecule has 0 radical (unpaired) electrons. The first-order valence-corrected chi connectivity index (χ1v) is 10.2. The van der Waals surface area contributed by atoms with E-state index in [0.29, 0.717) is 11.4 Å². The molecule has 0 saturated heterocycles. The summed E-state index contributed by atoms with van der Waals surface area (Å²) < 4.78 is 27.4. The molecular formula is C21H21N3O3S. The van der Waals surface area contributed by atoms with Crippen molar-refractivity contribution in [2.45, 2.75) is 18.7 Å². The highest BCUT2D eigenvalue weighted by Gasteiger charge is 2.27. The van der Waals surface area contributed by atoms with Gasteiger partial charge in [-0.15, -0.1) is 0 Å². The molecule has 1 heterocycles. The summed E-state index contributed by atoms with van der Waals surface area (Å²) in [6.07, 6.45) is 2.77. The van der Waals surface area contributed by atoms with Crippen LogP contribution in [0.3, 0.4) is 0 Å². The lowest BCUT2D eigenvalue weighted by molar-refractivity contribution is -0.114. The van der Waals surface area contributed by atoms with Gasteiger partial charge in [0.2, 0.25) is 5.91 Å². The minimum absolute atomic E-state index is 0.0268. The largest absolute Gasteiger partial charge is 0.325 e. The Hall–Kier alpha value is -3.19. The van der Waals surface area contributed by atoms with Gasteiger partial charge in [0.25, 0.3) is 10.0 Å². The van der Waals surface area contributed by atoms with Gasteiger partial charge in [0, 0.05) is 18.1 Å². The summed E-state index contributed by atoms with van der Waals surface area (Å²) in [5, 5.41) is 2.76. The Kier molecular flexibility index (Phi) is 5.75. The summed E-state index contributed by atoms with van der Waals surface area (Å²) in [5.74, 6) is -0.432. The molecule has 0 bridgehead atoms. The van der Waals surface area contributed by atoms with Crippen LogP contribution in [0.4, 0.5) is 11.4 Å². The number of amides is 1. The normalized spacial score (nSPS) is 11.1. The topological polar surface area (TPSA) is 79.4 Å². The Bertz CT molecular complexity index is 1070. The smallest absolute Gasteiger partial charge is 0.266 e. The lowest BCUT2D eigenvalue weighted by Gasteiger charge is -2.24. The molecule has 3 aromatic rings. The molecule has 144 valence electrons. The first-order valence-electron chi connectivity index (χ1n) is 8.72. The summed E-state index contributed by atoms with van der Waals surface area (Å²) in [6.45, 7) is 3.48. The molecule has 7 heteroatoms. The van der Waals surface area contributed by atoms with Crippen molar-refractivity contribution in [3.8, 4) is 0 Å². The van der Waals surface area contributed by atoms with Gasteiger partial charge in [-0.2, -0.15) is 0 Å². The molecule has 1 N–H and O–H groups in total. The molecule has 0 aliphatic carbocycles. The molecule has 1 aromatic heterocycles. The zero-order valence-corrected chi connectivity index (χ0v) is 16.5. The summed E-state index contributed by atoms with van der Waals surface area (Å²) >= 11 is 0. The predicted molar refractivity (Wildman–Crippen MR) is 110 cm³/mol. The van der Waals surface area contributed by atoms with Crippen LogP contribution in [-0.4, -0.2) is 25.9 Å². The van der Waals surface area contributed by atoms with Gasteiger partial charge in [0.05, 0.1) is 5.69 Å². The molecule has 6 nitrogen and oxygen atoms in total. The standard InChI is InChI=1S/C21H21N3O3S/c1-16-8-10-19(11-9-16)24(28(26,27)20-7-4-12-22-14-20)15-21(25)23-18-6-3-5-17(2)13-18/h3-14H,15H2,1-2H3,(H,23,25). The van der Waals surface area contributed by atoms with Crippen LogP contribution in [0.5, 0.6) is 0 Å². The fraction of sp³-hybridized carbons (Fsp3) is 0.143. The Morgan fingerprint density at radius 1 is 1.00 bits per heavy atom. The van der Waals surface area contributed by atoms with Gasteiger partial charge >= 0.3 is 0 Å². The van der Waals surface area contributed by atoms with Gasteiger partial charge < -0.3 is 5.32 Å². The molecule has 0 spiro atoms. The maximum absolute atomic E-state index is 13.2. The van der Waals surface area contributed by atoms with Crippen molar-refractivity contribution in [3.63, 3.8) is 0 Å². The number of carbonyl (C=O) groups is 1. The third-order valence-electron chi connectivity index (χ3n) is 4.13. The van der Waals surface area contributed by atoms with E-state index in [4.69, 9.17) is 0 Å². The van der Waals surface area contributed by atoms with Gasteiger partial charge in [-0.05, 0) is 55.8 Å². The average Bonchev–Trinajstić information content (AvgIpc) is 2.67. The van der Waals surface area contributed by atoms with Crippen molar-refractivity contribution in [1.29, 1.82) is 0 Å². The summed E-state index contributed by atoms with van der Waals surface area (Å²) in [4.78, 5) is 16.5. The number of aromatic nitrogens is 1. The number of aryl methyl sites for hydroxylation is 2. The van der Waals surface area contributed by atoms with Crippen molar-refractivity contribution in [2.75, 3.05) is 16.2 Å². The van der Waals surface area contributed by atoms with Crippen molar-refractivity contribution in [2.24, 2.45) is 0 Å². The molecule has 2 aromatic carbocycles. The Morgan fingerprint density at radius 3 is 2.39 bits per heavy atom. The minimum Gasteiger partial charge on any atom is -0.325 e. The molecule has 3 rings (SSSR count). The third-order valence-corrected chi connectivity index (χ3v) is 5.89. The highest BCUT2D eigenvalue weighted by Crippen LogP contribution is 2.24. The third kappa shape index (κ3) is 4.55. The monoisotopic (exact) mass is 395 g/mol. The number of nitrogens with zero attached hydrogens (tertiary/aromatic N) is 2. The average molecular weight is 395 g/mol. The molecule has 0 saturated carbocycles. The molecule has 1 amide bonds. The Balaban J connectivity index is 1.92. The Labute approximate surface area is 164 Å². The minimum atomic E-state index is -3.95. The van der Waals surface area contributed by atoms with E-state index >= 15 is 0 Å². The summed E-state index contributed by atoms with van der Waals surface area (Å²) in [7, 11) is -3.95. The van der Waals surface area contributed by atoms with E-state index in [1.165, 1.54) is 18.5 Å². The molecule has 28 heavy (non-hydrogen) atoms. The molecule has 0 atom stereocenters. The van der Waals surface area contributed by atoms with Crippen molar-refractivity contribution in [1.82, 2.24) is 4.98 Å². The van der Waals surface area contributed by atoms with Gasteiger partial charge in [-0.3, -0.25) is 14.1 Å². The van der Waals surface area contributed by atoms with Crippen LogP contribution in [0.2, 0.25) is 0 Å². The lowest BCUT2D eigenvalue weighted by Crippen LogP contribution is -2.38. The predicted octanol–water partition coefficient (Wildman–Crippen LogP) is 3.53. The second kappa shape index (κ2) is 8.22. The maximum atomic E-state index is 13.2. The zero-order valence-electron chi connectivity index (χ0n) is 15.7. The first kappa shape index (κ1) is 19.6. The van der Waals surface area contributed by atoms with Crippen molar-refractivity contribution < 1.29 is 13.2 Å². The fourth-order valence-corrected chi connectivity index (χ4v) is 4.09. The van der Waals surface area contributed by atoms with Crippen molar-refractivity contribution in [3.05, 3.63) is 84.2 Å². The fourth-order valence-electron chi connectivity index (χ4n) is 2.71. The van der Waals surface area contributed by atoms with E-state index in [1.54, 1.807) is 36.4 Å².